The van der Waals surface area contributed by atoms with Gasteiger partial charge in [0.05, 0.1) is 38.9 Å². The van der Waals surface area contributed by atoms with Crippen molar-refractivity contribution < 1.29 is 24.1 Å². The summed E-state index contributed by atoms with van der Waals surface area (Å²) in [7, 11) is 4.67. The number of methoxy groups -OCH3 is 3. The number of carbonyl (C=O) groups is 1. The molecule has 0 radical (unpaired) electrons. The number of carbonyl (C=O) groups excluding carboxylic acids is 1. The highest BCUT2D eigenvalue weighted by Crippen LogP contribution is 2.52. The minimum atomic E-state index is -1.21. The van der Waals surface area contributed by atoms with Crippen molar-refractivity contribution in [2.24, 2.45) is 17.8 Å². The van der Waals surface area contributed by atoms with Crippen molar-refractivity contribution in [3.8, 4) is 23.3 Å². The van der Waals surface area contributed by atoms with Crippen molar-refractivity contribution >= 4 is 5.78 Å². The Morgan fingerprint density at radius 3 is 2.56 bits per heavy atom. The first-order chi connectivity index (χ1) is 16.5. The first kappa shape index (κ1) is 24.1. The van der Waals surface area contributed by atoms with Crippen LogP contribution >= 0.6 is 0 Å². The number of ketones is 1. The Morgan fingerprint density at radius 2 is 1.85 bits per heavy atom. The highest BCUT2D eigenvalue weighted by Gasteiger charge is 2.53. The van der Waals surface area contributed by atoms with Crippen LogP contribution < -0.4 is 19.5 Å². The van der Waals surface area contributed by atoms with Crippen LogP contribution in [0.1, 0.15) is 36.3 Å². The molecule has 2 fully saturated rings. The van der Waals surface area contributed by atoms with E-state index in [9.17, 15) is 15.2 Å². The summed E-state index contributed by atoms with van der Waals surface area (Å²) in [5.74, 6) is 0.595. The molecule has 7 heteroatoms. The van der Waals surface area contributed by atoms with E-state index < -0.39 is 17.4 Å². The molecule has 1 saturated carbocycles. The molecule has 1 heterocycles. The smallest absolute Gasteiger partial charge is 0.164 e. The van der Waals surface area contributed by atoms with Crippen LogP contribution in [0, 0.1) is 29.1 Å². The summed E-state index contributed by atoms with van der Waals surface area (Å²) in [5, 5.41) is 25.1. The zero-order chi connectivity index (χ0) is 24.3. The molecule has 5 atom stereocenters. The standard InChI is InChI=1S/C27H32N2O5/c1-32-23-9-5-4-8-21(23)27(31)14-17(13-18-15-29-16-22(18)27)25(30)19(11-12-28)20-7-6-10-24(33-2)26(20)34-3/h4-10,17-19,22,29,31H,11,13-16H2,1-3H3/t17-,18-,19?,22+,27+/m0/s1. The summed E-state index contributed by atoms with van der Waals surface area (Å²) < 4.78 is 16.6. The fourth-order valence-electron chi connectivity index (χ4n) is 5.97. The first-order valence-corrected chi connectivity index (χ1v) is 11.7. The van der Waals surface area contributed by atoms with Crippen LogP contribution in [0.5, 0.6) is 17.2 Å². The van der Waals surface area contributed by atoms with E-state index in [1.165, 1.54) is 7.11 Å². The van der Waals surface area contributed by atoms with Gasteiger partial charge in [-0.05, 0) is 37.4 Å². The molecule has 34 heavy (non-hydrogen) atoms. The fourth-order valence-corrected chi connectivity index (χ4v) is 5.97. The molecule has 0 aromatic heterocycles. The molecule has 1 aliphatic carbocycles. The van der Waals surface area contributed by atoms with Gasteiger partial charge >= 0.3 is 0 Å². The third kappa shape index (κ3) is 4.13. The molecule has 0 spiro atoms. The minimum Gasteiger partial charge on any atom is -0.496 e. The van der Waals surface area contributed by atoms with Crippen LogP contribution in [0.15, 0.2) is 42.5 Å². The van der Waals surface area contributed by atoms with Crippen molar-refractivity contribution in [3.05, 3.63) is 53.6 Å². The van der Waals surface area contributed by atoms with E-state index in [0.29, 0.717) is 41.3 Å². The predicted molar refractivity (Wildman–Crippen MR) is 127 cm³/mol. The van der Waals surface area contributed by atoms with Gasteiger partial charge < -0.3 is 24.6 Å². The number of Topliss-reactive ketones (excluding diaryl/α,β-unsaturated/α-hetero) is 1. The molecule has 180 valence electrons. The van der Waals surface area contributed by atoms with Gasteiger partial charge in [-0.15, -0.1) is 0 Å². The summed E-state index contributed by atoms with van der Waals surface area (Å²) in [5.41, 5.74) is 0.139. The molecule has 1 aliphatic heterocycles. The van der Waals surface area contributed by atoms with Gasteiger partial charge in [-0.25, -0.2) is 0 Å². The number of rotatable bonds is 8. The highest BCUT2D eigenvalue weighted by molar-refractivity contribution is 5.89. The lowest BCUT2D eigenvalue weighted by atomic mass is 9.61. The number of fused-ring (bicyclic) bond motifs is 1. The molecular weight excluding hydrogens is 432 g/mol. The van der Waals surface area contributed by atoms with Crippen LogP contribution in [0.2, 0.25) is 0 Å². The van der Waals surface area contributed by atoms with Gasteiger partial charge in [0, 0.05) is 35.9 Å². The molecule has 2 aromatic rings. The minimum absolute atomic E-state index is 0.0198. The van der Waals surface area contributed by atoms with Crippen LogP contribution in [0.25, 0.3) is 0 Å². The molecule has 0 amide bonds. The van der Waals surface area contributed by atoms with Crippen LogP contribution in [0.3, 0.4) is 0 Å². The van der Waals surface area contributed by atoms with Crippen molar-refractivity contribution in [1.82, 2.24) is 5.32 Å². The summed E-state index contributed by atoms with van der Waals surface area (Å²) in [6.45, 7) is 1.43. The van der Waals surface area contributed by atoms with Crippen molar-refractivity contribution in [2.75, 3.05) is 34.4 Å². The maximum Gasteiger partial charge on any atom is 0.164 e. The maximum atomic E-state index is 14.0. The zero-order valence-electron chi connectivity index (χ0n) is 19.9. The highest BCUT2D eigenvalue weighted by atomic mass is 16.5. The Bertz CT molecular complexity index is 1080. The van der Waals surface area contributed by atoms with E-state index in [4.69, 9.17) is 14.2 Å². The molecule has 4 rings (SSSR count). The second-order valence-corrected chi connectivity index (χ2v) is 9.19. The van der Waals surface area contributed by atoms with Gasteiger partial charge in [-0.2, -0.15) is 5.26 Å². The summed E-state index contributed by atoms with van der Waals surface area (Å²) in [6.07, 6.45) is 0.976. The number of para-hydroxylation sites is 2. The number of benzene rings is 2. The normalized spacial score (nSPS) is 26.7. The first-order valence-electron chi connectivity index (χ1n) is 11.7. The van der Waals surface area contributed by atoms with Crippen LogP contribution in [0.4, 0.5) is 0 Å². The molecular formula is C27H32N2O5. The summed E-state index contributed by atoms with van der Waals surface area (Å²) in [6, 6.07) is 15.1. The van der Waals surface area contributed by atoms with Crippen molar-refractivity contribution in [1.29, 1.82) is 5.26 Å². The lowest BCUT2D eigenvalue weighted by Crippen LogP contribution is -2.48. The number of ether oxygens (including phenoxy) is 3. The molecule has 2 N–H and O–H groups in total. The lowest BCUT2D eigenvalue weighted by molar-refractivity contribution is -0.136. The third-order valence-electron chi connectivity index (χ3n) is 7.52. The van der Waals surface area contributed by atoms with E-state index >= 15 is 0 Å². The van der Waals surface area contributed by atoms with Crippen LogP contribution in [-0.2, 0) is 10.4 Å². The Balaban J connectivity index is 1.73. The molecule has 1 saturated heterocycles. The SMILES string of the molecule is COc1ccccc1[C@]1(O)C[C@@H](C(=O)C(CC#N)c2cccc(OC)c2OC)C[C@H]2CNC[C@H]21. The molecule has 7 nitrogen and oxygen atoms in total. The predicted octanol–water partition coefficient (Wildman–Crippen LogP) is 3.41. The van der Waals surface area contributed by atoms with E-state index in [0.717, 1.165) is 6.54 Å². The molecule has 1 unspecified atom stereocenters. The summed E-state index contributed by atoms with van der Waals surface area (Å²) in [4.78, 5) is 14.0. The number of nitriles is 1. The van der Waals surface area contributed by atoms with Crippen molar-refractivity contribution in [2.45, 2.75) is 30.8 Å². The Morgan fingerprint density at radius 1 is 1.12 bits per heavy atom. The van der Waals surface area contributed by atoms with Gasteiger partial charge in [0.1, 0.15) is 11.5 Å². The number of hydrogen-bond donors (Lipinski definition) is 2. The van der Waals surface area contributed by atoms with E-state index in [1.54, 1.807) is 26.4 Å². The van der Waals surface area contributed by atoms with Gasteiger partial charge in [0.15, 0.2) is 11.5 Å². The lowest BCUT2D eigenvalue weighted by Gasteiger charge is -2.45. The number of aliphatic hydroxyl groups is 1. The molecule has 2 aromatic carbocycles. The van der Waals surface area contributed by atoms with Gasteiger partial charge in [-0.1, -0.05) is 30.3 Å². The van der Waals surface area contributed by atoms with E-state index in [2.05, 4.69) is 11.4 Å². The maximum absolute atomic E-state index is 14.0. The average Bonchev–Trinajstić information content (AvgIpc) is 3.36. The number of nitrogens with zero attached hydrogens (tertiary/aromatic N) is 1. The van der Waals surface area contributed by atoms with Gasteiger partial charge in [-0.3, -0.25) is 4.79 Å². The Labute approximate surface area is 200 Å². The summed E-state index contributed by atoms with van der Waals surface area (Å²) >= 11 is 0. The second kappa shape index (κ2) is 10.0. The Hall–Kier alpha value is -3.08. The third-order valence-corrected chi connectivity index (χ3v) is 7.52. The van der Waals surface area contributed by atoms with E-state index in [-0.39, 0.29) is 30.5 Å². The average molecular weight is 465 g/mol. The fraction of sp³-hybridized carbons (Fsp3) is 0.481. The topological polar surface area (TPSA) is 101 Å². The van der Waals surface area contributed by atoms with Gasteiger partial charge in [0.2, 0.25) is 0 Å². The zero-order valence-corrected chi connectivity index (χ0v) is 19.9. The largest absolute Gasteiger partial charge is 0.496 e. The number of hydrogen-bond acceptors (Lipinski definition) is 7. The van der Waals surface area contributed by atoms with E-state index in [1.807, 2.05) is 30.3 Å². The van der Waals surface area contributed by atoms with Gasteiger partial charge in [0.25, 0.3) is 0 Å². The number of nitrogens with one attached hydrogen (secondary N) is 1. The monoisotopic (exact) mass is 464 g/mol. The van der Waals surface area contributed by atoms with Crippen molar-refractivity contribution in [3.63, 3.8) is 0 Å². The quantitative estimate of drug-likeness (QED) is 0.617. The second-order valence-electron chi connectivity index (χ2n) is 9.19. The van der Waals surface area contributed by atoms with Crippen LogP contribution in [-0.4, -0.2) is 45.3 Å². The molecule has 2 aliphatic rings. The molecule has 0 bridgehead atoms. The Kier molecular flexibility index (Phi) is 7.11.